The Morgan fingerprint density at radius 1 is 1.07 bits per heavy atom. The van der Waals surface area contributed by atoms with Gasteiger partial charge in [-0.25, -0.2) is 0 Å². The van der Waals surface area contributed by atoms with Crippen molar-refractivity contribution >= 4 is 35.9 Å². The van der Waals surface area contributed by atoms with Crippen LogP contribution in [0.5, 0.6) is 0 Å². The predicted octanol–water partition coefficient (Wildman–Crippen LogP) is 4.95. The van der Waals surface area contributed by atoms with E-state index in [1.165, 1.54) is 77.5 Å². The molecule has 0 saturated carbocycles. The number of esters is 1. The van der Waals surface area contributed by atoms with E-state index in [4.69, 9.17) is 15.0 Å². The van der Waals surface area contributed by atoms with Crippen LogP contribution < -0.4 is 5.32 Å². The van der Waals surface area contributed by atoms with Gasteiger partial charge in [-0.05, 0) is 12.0 Å². The number of amidine groups is 1. The number of azide groups is 1. The third-order valence-corrected chi connectivity index (χ3v) is 7.44. The highest BCUT2D eigenvalue weighted by atomic mass is 16.6. The summed E-state index contributed by atoms with van der Waals surface area (Å²) < 4.78 is 11.0. The standard InChI is InChI=1S/C28H44N8O5/c1-3-4-5-6-7-8-9-10-11-12-13-14-15-16-23(38)31-28-32-26-25(27(39)33-28)30-19-36(26)24-17-21(34-35-29)22(41-24)18-40-20(2)37/h19,21-22,24-25H,3-18H2,1-2H3,(H,31,33,38,39)/t21-,22+,24+,25?/m0/s1. The van der Waals surface area contributed by atoms with Gasteiger partial charge in [0.05, 0.1) is 12.4 Å². The Morgan fingerprint density at radius 2 is 1.71 bits per heavy atom. The molecule has 3 aliphatic rings. The number of hydrogen-bond donors (Lipinski definition) is 1. The molecule has 0 bridgehead atoms. The minimum absolute atomic E-state index is 0.0718. The van der Waals surface area contributed by atoms with Crippen molar-refractivity contribution in [2.24, 2.45) is 20.1 Å². The molecule has 1 unspecified atom stereocenters. The van der Waals surface area contributed by atoms with Crippen LogP contribution in [0.15, 0.2) is 20.1 Å². The predicted molar refractivity (Wildman–Crippen MR) is 155 cm³/mol. The summed E-state index contributed by atoms with van der Waals surface area (Å²) in [6.45, 7) is 3.45. The fraction of sp³-hybridized carbons (Fsp3) is 0.786. The van der Waals surface area contributed by atoms with Crippen molar-refractivity contribution in [3.63, 3.8) is 0 Å². The summed E-state index contributed by atoms with van der Waals surface area (Å²) in [7, 11) is 0. The molecule has 1 N–H and O–H groups in total. The molecule has 0 spiro atoms. The first-order valence-electron chi connectivity index (χ1n) is 15.1. The van der Waals surface area contributed by atoms with Crippen LogP contribution in [0, 0.1) is 0 Å². The second kappa shape index (κ2) is 17.5. The van der Waals surface area contributed by atoms with Crippen LogP contribution >= 0.6 is 0 Å². The Morgan fingerprint density at radius 3 is 2.32 bits per heavy atom. The van der Waals surface area contributed by atoms with Gasteiger partial charge in [0.2, 0.25) is 11.9 Å². The van der Waals surface area contributed by atoms with Gasteiger partial charge >= 0.3 is 5.97 Å². The zero-order valence-corrected chi connectivity index (χ0v) is 24.4. The van der Waals surface area contributed by atoms with Gasteiger partial charge in [0, 0.05) is 24.7 Å². The number of fused-ring (bicyclic) bond motifs is 1. The lowest BCUT2D eigenvalue weighted by atomic mass is 10.0. The van der Waals surface area contributed by atoms with E-state index in [9.17, 15) is 14.4 Å². The summed E-state index contributed by atoms with van der Waals surface area (Å²) in [5.41, 5.74) is 8.92. The Bertz CT molecular complexity index is 1040. The van der Waals surface area contributed by atoms with Crippen LogP contribution in [0.1, 0.15) is 110 Å². The van der Waals surface area contributed by atoms with E-state index in [2.05, 4.69) is 37.2 Å². The highest BCUT2D eigenvalue weighted by molar-refractivity contribution is 6.23. The van der Waals surface area contributed by atoms with Gasteiger partial charge in [-0.1, -0.05) is 89.1 Å². The topological polar surface area (TPSA) is 171 Å². The SMILES string of the molecule is CCCCCCCCCCCCCCCC(=O)NC1=NC(=O)C2N=CN([C@H]3C[C@H](N=[N+]=[N-])[C@@H](COC(C)=O)O3)C2=N1. The van der Waals surface area contributed by atoms with Gasteiger partial charge in [0.25, 0.3) is 5.91 Å². The third-order valence-electron chi connectivity index (χ3n) is 7.44. The van der Waals surface area contributed by atoms with E-state index >= 15 is 0 Å². The van der Waals surface area contributed by atoms with E-state index in [1.54, 1.807) is 4.90 Å². The maximum absolute atomic E-state index is 12.6. The molecule has 13 heteroatoms. The summed E-state index contributed by atoms with van der Waals surface area (Å²) in [5.74, 6) is -1.05. The zero-order valence-electron chi connectivity index (χ0n) is 24.4. The summed E-state index contributed by atoms with van der Waals surface area (Å²) in [6.07, 6.45) is 16.7. The first-order valence-corrected chi connectivity index (χ1v) is 15.1. The van der Waals surface area contributed by atoms with Gasteiger partial charge in [-0.2, -0.15) is 9.98 Å². The molecule has 0 aliphatic carbocycles. The van der Waals surface area contributed by atoms with Crippen LogP contribution in [-0.2, 0) is 23.9 Å². The van der Waals surface area contributed by atoms with Crippen molar-refractivity contribution in [1.82, 2.24) is 10.2 Å². The number of ether oxygens (including phenoxy) is 2. The van der Waals surface area contributed by atoms with E-state index in [-0.39, 0.29) is 30.7 Å². The van der Waals surface area contributed by atoms with Crippen molar-refractivity contribution in [1.29, 1.82) is 0 Å². The minimum Gasteiger partial charge on any atom is -0.463 e. The number of aliphatic imine (C=N–C) groups is 3. The first kappa shape index (κ1) is 32.2. The molecule has 4 atom stereocenters. The van der Waals surface area contributed by atoms with Crippen molar-refractivity contribution in [3.8, 4) is 0 Å². The van der Waals surface area contributed by atoms with Crippen molar-refractivity contribution in [3.05, 3.63) is 10.4 Å². The second-order valence-corrected chi connectivity index (χ2v) is 10.8. The first-order chi connectivity index (χ1) is 19.9. The molecule has 0 aromatic carbocycles. The smallest absolute Gasteiger partial charge is 0.302 e. The Kier molecular flexibility index (Phi) is 13.7. The maximum atomic E-state index is 12.6. The lowest BCUT2D eigenvalue weighted by molar-refractivity contribution is -0.145. The zero-order chi connectivity index (χ0) is 29.5. The lowest BCUT2D eigenvalue weighted by Gasteiger charge is -2.26. The fourth-order valence-corrected chi connectivity index (χ4v) is 5.19. The van der Waals surface area contributed by atoms with Crippen molar-refractivity contribution in [2.75, 3.05) is 6.61 Å². The highest BCUT2D eigenvalue weighted by Crippen LogP contribution is 2.29. The number of unbranched alkanes of at least 4 members (excludes halogenated alkanes) is 12. The largest absolute Gasteiger partial charge is 0.463 e. The molecular weight excluding hydrogens is 528 g/mol. The number of nitrogens with zero attached hydrogens (tertiary/aromatic N) is 7. The average molecular weight is 573 g/mol. The number of carbonyl (C=O) groups excluding carboxylic acids is 3. The number of hydrogen-bond acceptors (Lipinski definition) is 9. The van der Waals surface area contributed by atoms with Crippen LogP contribution in [0.4, 0.5) is 0 Å². The van der Waals surface area contributed by atoms with Gasteiger partial charge < -0.3 is 9.47 Å². The summed E-state index contributed by atoms with van der Waals surface area (Å²) in [4.78, 5) is 53.2. The number of nitrogens with one attached hydrogen (secondary N) is 1. The highest BCUT2D eigenvalue weighted by Gasteiger charge is 2.44. The Hall–Kier alpha value is -3.31. The molecule has 41 heavy (non-hydrogen) atoms. The number of carbonyl (C=O) groups is 3. The molecule has 1 saturated heterocycles. The number of amides is 2. The average Bonchev–Trinajstić information content (AvgIpc) is 3.54. The molecule has 226 valence electrons. The van der Waals surface area contributed by atoms with Gasteiger partial charge in [0.15, 0.2) is 11.9 Å². The molecule has 3 heterocycles. The van der Waals surface area contributed by atoms with Crippen LogP contribution in [0.2, 0.25) is 0 Å². The second-order valence-electron chi connectivity index (χ2n) is 10.8. The molecular formula is C28H44N8O5. The van der Waals surface area contributed by atoms with Crippen LogP contribution in [0.25, 0.3) is 10.4 Å². The van der Waals surface area contributed by atoms with Gasteiger partial charge in [0.1, 0.15) is 18.9 Å². The third kappa shape index (κ3) is 10.6. The van der Waals surface area contributed by atoms with E-state index in [1.807, 2.05) is 0 Å². The van der Waals surface area contributed by atoms with E-state index in [0.29, 0.717) is 6.42 Å². The van der Waals surface area contributed by atoms with Gasteiger partial charge in [-0.3, -0.25) is 29.6 Å². The normalized spacial score (nSPS) is 23.1. The quantitative estimate of drug-likeness (QED) is 0.0800. The summed E-state index contributed by atoms with van der Waals surface area (Å²) >= 11 is 0. The van der Waals surface area contributed by atoms with Crippen molar-refractivity contribution in [2.45, 2.75) is 135 Å². The molecule has 0 aromatic heterocycles. The van der Waals surface area contributed by atoms with Crippen molar-refractivity contribution < 1.29 is 23.9 Å². The maximum Gasteiger partial charge on any atom is 0.302 e. The Labute approximate surface area is 241 Å². The lowest BCUT2D eigenvalue weighted by Crippen LogP contribution is -2.46. The molecule has 0 radical (unpaired) electrons. The molecule has 1 fully saturated rings. The van der Waals surface area contributed by atoms with Crippen LogP contribution in [-0.4, -0.2) is 71.8 Å². The van der Waals surface area contributed by atoms with Gasteiger partial charge in [-0.15, -0.1) is 0 Å². The molecule has 2 amide bonds. The molecule has 3 rings (SSSR count). The number of guanidine groups is 1. The number of rotatable bonds is 18. The molecule has 3 aliphatic heterocycles. The van der Waals surface area contributed by atoms with E-state index in [0.717, 1.165) is 19.3 Å². The summed E-state index contributed by atoms with van der Waals surface area (Å²) in [6, 6.07) is -1.50. The fourth-order valence-electron chi connectivity index (χ4n) is 5.19. The molecule has 13 nitrogen and oxygen atoms in total. The van der Waals surface area contributed by atoms with Crippen LogP contribution in [0.3, 0.4) is 0 Å². The Balaban J connectivity index is 1.38. The minimum atomic E-state index is -0.925. The van der Waals surface area contributed by atoms with E-state index < -0.39 is 36.3 Å². The molecule has 0 aromatic rings. The monoisotopic (exact) mass is 572 g/mol. The summed E-state index contributed by atoms with van der Waals surface area (Å²) in [5, 5.41) is 6.40.